The quantitative estimate of drug-likeness (QED) is 0.508. The maximum atomic E-state index is 13.4. The summed E-state index contributed by atoms with van der Waals surface area (Å²) in [5, 5.41) is 5.54. The van der Waals surface area contributed by atoms with Crippen LogP contribution in [-0.2, 0) is 6.54 Å². The molecule has 0 radical (unpaired) electrons. The van der Waals surface area contributed by atoms with E-state index < -0.39 is 0 Å². The van der Waals surface area contributed by atoms with Crippen LogP contribution in [0.5, 0.6) is 0 Å². The molecule has 0 spiro atoms. The van der Waals surface area contributed by atoms with Gasteiger partial charge in [-0.3, -0.25) is 14.5 Å². The number of hydrogen-bond acceptors (Lipinski definition) is 4. The molecule has 0 aliphatic carbocycles. The van der Waals surface area contributed by atoms with E-state index >= 15 is 0 Å². The zero-order valence-electron chi connectivity index (χ0n) is 16.1. The molecular formula is C21H23BrN4O2. The monoisotopic (exact) mass is 442 g/mol. The Morgan fingerprint density at radius 1 is 1.11 bits per heavy atom. The average Bonchev–Trinajstić information content (AvgIpc) is 2.72. The van der Waals surface area contributed by atoms with Crippen molar-refractivity contribution in [3.05, 3.63) is 63.1 Å². The van der Waals surface area contributed by atoms with Gasteiger partial charge < -0.3 is 0 Å². The van der Waals surface area contributed by atoms with E-state index in [2.05, 4.69) is 32.9 Å². The van der Waals surface area contributed by atoms with Gasteiger partial charge in [-0.05, 0) is 47.5 Å². The number of nitrogens with zero attached hydrogens (tertiary/aromatic N) is 4. The summed E-state index contributed by atoms with van der Waals surface area (Å²) in [5.74, 6) is 0.281. The van der Waals surface area contributed by atoms with Crippen LogP contribution in [0.2, 0.25) is 0 Å². The predicted molar refractivity (Wildman–Crippen MR) is 115 cm³/mol. The predicted octanol–water partition coefficient (Wildman–Crippen LogP) is 4.41. The molecule has 0 N–H and O–H groups in total. The smallest absolute Gasteiger partial charge is 0.280 e. The fourth-order valence-electron chi connectivity index (χ4n) is 3.12. The number of anilines is 1. The van der Waals surface area contributed by atoms with Crippen molar-refractivity contribution in [2.75, 3.05) is 11.4 Å². The molecule has 2 aromatic heterocycles. The maximum Gasteiger partial charge on any atom is 0.280 e. The van der Waals surface area contributed by atoms with E-state index in [0.717, 1.165) is 23.7 Å². The summed E-state index contributed by atoms with van der Waals surface area (Å²) < 4.78 is 2.27. The number of rotatable bonds is 7. The van der Waals surface area contributed by atoms with Gasteiger partial charge in [0, 0.05) is 29.1 Å². The molecule has 146 valence electrons. The van der Waals surface area contributed by atoms with Gasteiger partial charge in [0.25, 0.3) is 11.5 Å². The Hall–Kier alpha value is -2.54. The first kappa shape index (κ1) is 20.2. The molecular weight excluding hydrogens is 420 g/mol. The van der Waals surface area contributed by atoms with Gasteiger partial charge in [-0.2, -0.15) is 5.10 Å². The van der Waals surface area contributed by atoms with Crippen molar-refractivity contribution < 1.29 is 4.79 Å². The zero-order valence-corrected chi connectivity index (χ0v) is 17.6. The number of hydrogen-bond donors (Lipinski definition) is 0. The minimum absolute atomic E-state index is 0.159. The summed E-state index contributed by atoms with van der Waals surface area (Å²) in [6, 6.07) is 10.8. The van der Waals surface area contributed by atoms with E-state index in [4.69, 9.17) is 0 Å². The normalized spacial score (nSPS) is 11.0. The molecule has 0 aliphatic rings. The van der Waals surface area contributed by atoms with Crippen LogP contribution in [0, 0.1) is 0 Å². The molecule has 2 heterocycles. The molecule has 0 atom stereocenters. The summed E-state index contributed by atoms with van der Waals surface area (Å²) in [5.41, 5.74) is 0.117. The zero-order chi connectivity index (χ0) is 20.1. The second kappa shape index (κ2) is 9.10. The van der Waals surface area contributed by atoms with E-state index in [-0.39, 0.29) is 17.2 Å². The highest BCUT2D eigenvalue weighted by molar-refractivity contribution is 9.10. The summed E-state index contributed by atoms with van der Waals surface area (Å²) >= 11 is 3.36. The van der Waals surface area contributed by atoms with E-state index in [1.165, 1.54) is 4.68 Å². The molecule has 0 fully saturated rings. The van der Waals surface area contributed by atoms with Gasteiger partial charge in [-0.15, -0.1) is 0 Å². The number of carbonyl (C=O) groups excluding carboxylic acids is 1. The number of halogens is 1. The van der Waals surface area contributed by atoms with E-state index in [1.54, 1.807) is 29.3 Å². The number of aromatic nitrogens is 3. The number of benzene rings is 1. The Balaban J connectivity index is 2.09. The van der Waals surface area contributed by atoms with Gasteiger partial charge in [-0.1, -0.05) is 38.0 Å². The summed E-state index contributed by atoms with van der Waals surface area (Å²) in [6.07, 6.45) is 4.56. The number of fused-ring (bicyclic) bond motifs is 1. The van der Waals surface area contributed by atoms with Crippen LogP contribution in [0.15, 0.2) is 51.9 Å². The van der Waals surface area contributed by atoms with Crippen LogP contribution in [0.3, 0.4) is 0 Å². The van der Waals surface area contributed by atoms with Gasteiger partial charge in [-0.25, -0.2) is 9.67 Å². The Kier molecular flexibility index (Phi) is 6.57. The maximum absolute atomic E-state index is 13.4. The van der Waals surface area contributed by atoms with E-state index in [9.17, 15) is 9.59 Å². The van der Waals surface area contributed by atoms with Crippen molar-refractivity contribution in [1.82, 2.24) is 14.8 Å². The molecule has 0 saturated heterocycles. The Labute approximate surface area is 172 Å². The van der Waals surface area contributed by atoms with E-state index in [1.807, 2.05) is 25.1 Å². The fraction of sp³-hybridized carbons (Fsp3) is 0.333. The molecule has 0 saturated carbocycles. The second-order valence-electron chi connectivity index (χ2n) is 6.51. The lowest BCUT2D eigenvalue weighted by atomic mass is 10.1. The molecule has 6 nitrogen and oxygen atoms in total. The average molecular weight is 443 g/mol. The standard InChI is InChI=1S/C21H23BrN4O2/c1-3-5-8-13-26-20(27)17-10-7-6-9-16(17)19(24-26)21(28)25(4-2)18-12-11-15(22)14-23-18/h6-7,9-12,14H,3-5,8,13H2,1-2H3. The first-order valence-corrected chi connectivity index (χ1v) is 10.3. The number of unbranched alkanes of at least 4 members (excludes halogenated alkanes) is 2. The molecule has 0 unspecified atom stereocenters. The fourth-order valence-corrected chi connectivity index (χ4v) is 3.36. The number of carbonyl (C=O) groups is 1. The molecule has 0 bridgehead atoms. The third-order valence-corrected chi connectivity index (χ3v) is 5.06. The SMILES string of the molecule is CCCCCn1nc(C(=O)N(CC)c2ccc(Br)cn2)c2ccccc2c1=O. The summed E-state index contributed by atoms with van der Waals surface area (Å²) in [4.78, 5) is 32.1. The van der Waals surface area contributed by atoms with Crippen LogP contribution in [-0.4, -0.2) is 27.2 Å². The van der Waals surface area contributed by atoms with Crippen molar-refractivity contribution in [2.45, 2.75) is 39.7 Å². The lowest BCUT2D eigenvalue weighted by molar-refractivity contribution is 0.0982. The third-order valence-electron chi connectivity index (χ3n) is 4.59. The first-order valence-electron chi connectivity index (χ1n) is 9.50. The molecule has 7 heteroatoms. The lowest BCUT2D eigenvalue weighted by Gasteiger charge is -2.20. The minimum atomic E-state index is -0.266. The van der Waals surface area contributed by atoms with Crippen molar-refractivity contribution in [2.24, 2.45) is 0 Å². The molecule has 1 aromatic carbocycles. The van der Waals surface area contributed by atoms with Crippen LogP contribution in [0.1, 0.15) is 43.6 Å². The van der Waals surface area contributed by atoms with Crippen LogP contribution in [0.4, 0.5) is 5.82 Å². The molecule has 28 heavy (non-hydrogen) atoms. The minimum Gasteiger partial charge on any atom is -0.292 e. The Morgan fingerprint density at radius 2 is 1.86 bits per heavy atom. The van der Waals surface area contributed by atoms with Gasteiger partial charge in [0.1, 0.15) is 5.82 Å². The molecule has 1 amide bonds. The summed E-state index contributed by atoms with van der Waals surface area (Å²) in [6.45, 7) is 4.94. The molecule has 0 aliphatic heterocycles. The summed E-state index contributed by atoms with van der Waals surface area (Å²) in [7, 11) is 0. The van der Waals surface area contributed by atoms with Crippen LogP contribution >= 0.6 is 15.9 Å². The second-order valence-corrected chi connectivity index (χ2v) is 7.43. The van der Waals surface area contributed by atoms with Crippen molar-refractivity contribution >= 4 is 38.4 Å². The van der Waals surface area contributed by atoms with Crippen LogP contribution in [0.25, 0.3) is 10.8 Å². The van der Waals surface area contributed by atoms with Gasteiger partial charge in [0.2, 0.25) is 0 Å². The Bertz CT molecular complexity index is 1030. The highest BCUT2D eigenvalue weighted by Crippen LogP contribution is 2.20. The van der Waals surface area contributed by atoms with Crippen molar-refractivity contribution in [3.8, 4) is 0 Å². The topological polar surface area (TPSA) is 68.1 Å². The van der Waals surface area contributed by atoms with Gasteiger partial charge >= 0.3 is 0 Å². The number of amides is 1. The molecule has 3 rings (SSSR count). The largest absolute Gasteiger partial charge is 0.292 e. The van der Waals surface area contributed by atoms with Gasteiger partial charge in [0.15, 0.2) is 5.69 Å². The molecule has 3 aromatic rings. The number of aryl methyl sites for hydroxylation is 1. The van der Waals surface area contributed by atoms with E-state index in [0.29, 0.717) is 29.7 Å². The van der Waals surface area contributed by atoms with Crippen molar-refractivity contribution in [3.63, 3.8) is 0 Å². The highest BCUT2D eigenvalue weighted by atomic mass is 79.9. The third kappa shape index (κ3) is 4.14. The Morgan fingerprint density at radius 3 is 2.50 bits per heavy atom. The van der Waals surface area contributed by atoms with Gasteiger partial charge in [0.05, 0.1) is 5.39 Å². The number of pyridine rings is 1. The van der Waals surface area contributed by atoms with Crippen LogP contribution < -0.4 is 10.5 Å². The lowest BCUT2D eigenvalue weighted by Crippen LogP contribution is -2.35. The first-order chi connectivity index (χ1) is 13.6. The van der Waals surface area contributed by atoms with Crippen molar-refractivity contribution in [1.29, 1.82) is 0 Å². The highest BCUT2D eigenvalue weighted by Gasteiger charge is 2.23.